The number of primary amides is 1. The van der Waals surface area contributed by atoms with Crippen molar-refractivity contribution in [3.8, 4) is 0 Å². The van der Waals surface area contributed by atoms with Gasteiger partial charge in [0.2, 0.25) is 0 Å². The van der Waals surface area contributed by atoms with Crippen molar-refractivity contribution in [2.45, 2.75) is 19.3 Å². The van der Waals surface area contributed by atoms with Gasteiger partial charge in [0.1, 0.15) is 0 Å². The number of anilines is 2. The minimum Gasteiger partial charge on any atom is -0.378 e. The molecule has 29 heavy (non-hydrogen) atoms. The quantitative estimate of drug-likeness (QED) is 0.861. The van der Waals surface area contributed by atoms with Crippen molar-refractivity contribution in [2.24, 2.45) is 5.73 Å². The Hall–Kier alpha value is -3.02. The average Bonchev–Trinajstić information content (AvgIpc) is 2.74. The maximum atomic E-state index is 12.2. The molecular formula is C23H32N4O2. The van der Waals surface area contributed by atoms with Gasteiger partial charge in [-0.25, -0.2) is 0 Å². The number of carbonyl (C=O) groups excluding carboxylic acids is 2. The molecule has 156 valence electrons. The second kappa shape index (κ2) is 10.5. The third-order valence-corrected chi connectivity index (χ3v) is 4.93. The molecule has 0 saturated carbocycles. The predicted octanol–water partition coefficient (Wildman–Crippen LogP) is 3.23. The van der Waals surface area contributed by atoms with E-state index in [1.165, 1.54) is 6.42 Å². The molecule has 0 atom stereocenters. The summed E-state index contributed by atoms with van der Waals surface area (Å²) < 4.78 is 0. The smallest absolute Gasteiger partial charge is 0.253 e. The molecule has 0 radical (unpaired) electrons. The summed E-state index contributed by atoms with van der Waals surface area (Å²) in [4.78, 5) is 29.0. The van der Waals surface area contributed by atoms with Crippen molar-refractivity contribution in [3.05, 3.63) is 59.7 Å². The number of nitrogens with zero attached hydrogens (tertiary/aromatic N) is 3. The third kappa shape index (κ3) is 6.24. The Bertz CT molecular complexity index is 810. The van der Waals surface area contributed by atoms with E-state index in [2.05, 4.69) is 0 Å². The molecule has 0 bridgehead atoms. The summed E-state index contributed by atoms with van der Waals surface area (Å²) in [5, 5.41) is 0. The number of benzene rings is 2. The van der Waals surface area contributed by atoms with Gasteiger partial charge in [-0.05, 0) is 55.7 Å². The number of amides is 2. The summed E-state index contributed by atoms with van der Waals surface area (Å²) in [5.41, 5.74) is 8.52. The van der Waals surface area contributed by atoms with E-state index >= 15 is 0 Å². The first-order chi connectivity index (χ1) is 13.8. The molecule has 6 nitrogen and oxygen atoms in total. The number of carbonyl (C=O) groups is 2. The molecule has 0 spiro atoms. The molecule has 2 amide bonds. The van der Waals surface area contributed by atoms with E-state index in [4.69, 9.17) is 5.73 Å². The minimum absolute atomic E-state index is 0.176. The highest BCUT2D eigenvalue weighted by Crippen LogP contribution is 2.17. The van der Waals surface area contributed by atoms with Gasteiger partial charge in [-0.2, -0.15) is 0 Å². The van der Waals surface area contributed by atoms with Gasteiger partial charge in [0.15, 0.2) is 0 Å². The van der Waals surface area contributed by atoms with E-state index in [1.54, 1.807) is 12.1 Å². The van der Waals surface area contributed by atoms with Crippen LogP contribution in [0.4, 0.5) is 11.4 Å². The second-order valence-electron chi connectivity index (χ2n) is 7.57. The van der Waals surface area contributed by atoms with Crippen molar-refractivity contribution in [1.82, 2.24) is 4.90 Å². The van der Waals surface area contributed by atoms with E-state index in [9.17, 15) is 9.59 Å². The van der Waals surface area contributed by atoms with E-state index in [0.29, 0.717) is 5.56 Å². The monoisotopic (exact) mass is 396 g/mol. The highest BCUT2D eigenvalue weighted by atomic mass is 16.2. The standard InChI is InChI=1S/C14H20N2O.C9H12N2O/c1-15(2)13-8-6-12(7-9-13)14(17)16-10-4-3-5-11-16;1-11(2)8-6-4-3-5-7(8)9(10)12/h6-9H,3-5,10-11H2,1-2H3;3-6H,1-2H3,(H2,10,12). The second-order valence-corrected chi connectivity index (χ2v) is 7.57. The summed E-state index contributed by atoms with van der Waals surface area (Å²) in [6.07, 6.45) is 3.53. The minimum atomic E-state index is -0.390. The van der Waals surface area contributed by atoms with Gasteiger partial charge in [-0.1, -0.05) is 12.1 Å². The molecule has 1 saturated heterocycles. The van der Waals surface area contributed by atoms with Gasteiger partial charge in [-0.15, -0.1) is 0 Å². The highest BCUT2D eigenvalue weighted by Gasteiger charge is 2.17. The maximum Gasteiger partial charge on any atom is 0.253 e. The molecule has 2 aromatic carbocycles. The zero-order chi connectivity index (χ0) is 21.4. The lowest BCUT2D eigenvalue weighted by molar-refractivity contribution is 0.0724. The zero-order valence-electron chi connectivity index (χ0n) is 17.9. The summed E-state index contributed by atoms with van der Waals surface area (Å²) in [5.74, 6) is -0.214. The number of rotatable bonds is 4. The van der Waals surface area contributed by atoms with Gasteiger partial charge in [0.05, 0.1) is 5.56 Å². The fourth-order valence-corrected chi connectivity index (χ4v) is 3.25. The number of hydrogen-bond acceptors (Lipinski definition) is 4. The first kappa shape index (κ1) is 22.3. The zero-order valence-corrected chi connectivity index (χ0v) is 17.9. The van der Waals surface area contributed by atoms with Crippen LogP contribution in [0.25, 0.3) is 0 Å². The molecule has 1 aliphatic rings. The number of para-hydroxylation sites is 1. The first-order valence-corrected chi connectivity index (χ1v) is 9.94. The maximum absolute atomic E-state index is 12.2. The predicted molar refractivity (Wildman–Crippen MR) is 120 cm³/mol. The van der Waals surface area contributed by atoms with E-state index in [-0.39, 0.29) is 11.8 Å². The van der Waals surface area contributed by atoms with E-state index in [0.717, 1.165) is 42.9 Å². The lowest BCUT2D eigenvalue weighted by atomic mass is 10.1. The molecule has 3 rings (SSSR count). The van der Waals surface area contributed by atoms with Crippen LogP contribution < -0.4 is 15.5 Å². The van der Waals surface area contributed by atoms with Crippen molar-refractivity contribution in [2.75, 3.05) is 51.1 Å². The van der Waals surface area contributed by atoms with Crippen molar-refractivity contribution in [3.63, 3.8) is 0 Å². The Kier molecular flexibility index (Phi) is 8.07. The lowest BCUT2D eigenvalue weighted by Gasteiger charge is -2.26. The van der Waals surface area contributed by atoms with E-state index in [1.807, 2.05) is 79.3 Å². The molecule has 2 N–H and O–H groups in total. The summed E-state index contributed by atoms with van der Waals surface area (Å²) in [7, 11) is 7.76. The van der Waals surface area contributed by atoms with Gasteiger partial charge >= 0.3 is 0 Å². The van der Waals surface area contributed by atoms with Crippen LogP contribution >= 0.6 is 0 Å². The van der Waals surface area contributed by atoms with Crippen LogP contribution in [0.15, 0.2) is 48.5 Å². The molecule has 0 unspecified atom stereocenters. The van der Waals surface area contributed by atoms with Gasteiger partial charge in [0.25, 0.3) is 11.8 Å². The van der Waals surface area contributed by atoms with Crippen molar-refractivity contribution < 1.29 is 9.59 Å². The van der Waals surface area contributed by atoms with E-state index < -0.39 is 0 Å². The number of likely N-dealkylation sites (tertiary alicyclic amines) is 1. The van der Waals surface area contributed by atoms with Crippen molar-refractivity contribution >= 4 is 23.2 Å². The molecular weight excluding hydrogens is 364 g/mol. The SMILES string of the molecule is CN(C)c1ccc(C(=O)N2CCCCC2)cc1.CN(C)c1ccccc1C(N)=O. The summed E-state index contributed by atoms with van der Waals surface area (Å²) in [6.45, 7) is 1.82. The van der Waals surface area contributed by atoms with Gasteiger partial charge in [-0.3, -0.25) is 9.59 Å². The number of piperidine rings is 1. The summed E-state index contributed by atoms with van der Waals surface area (Å²) in [6, 6.07) is 15.1. The largest absolute Gasteiger partial charge is 0.378 e. The summed E-state index contributed by atoms with van der Waals surface area (Å²) >= 11 is 0. The van der Waals surface area contributed by atoms with Gasteiger partial charge in [0, 0.05) is 58.2 Å². The van der Waals surface area contributed by atoms with Crippen molar-refractivity contribution in [1.29, 1.82) is 0 Å². The Balaban J connectivity index is 0.000000221. The molecule has 1 fully saturated rings. The van der Waals surface area contributed by atoms with Crippen LogP contribution in [-0.2, 0) is 0 Å². The molecule has 2 aromatic rings. The molecule has 0 aromatic heterocycles. The number of hydrogen-bond donors (Lipinski definition) is 1. The fraction of sp³-hybridized carbons (Fsp3) is 0.391. The third-order valence-electron chi connectivity index (χ3n) is 4.93. The van der Waals surface area contributed by atoms with Crippen LogP contribution in [0.1, 0.15) is 40.0 Å². The van der Waals surface area contributed by atoms with Crippen LogP contribution in [0.5, 0.6) is 0 Å². The Morgan fingerprint density at radius 1 is 0.828 bits per heavy atom. The average molecular weight is 397 g/mol. The first-order valence-electron chi connectivity index (χ1n) is 9.94. The highest BCUT2D eigenvalue weighted by molar-refractivity contribution is 5.98. The molecule has 6 heteroatoms. The fourth-order valence-electron chi connectivity index (χ4n) is 3.25. The van der Waals surface area contributed by atoms with Crippen LogP contribution in [0.3, 0.4) is 0 Å². The Morgan fingerprint density at radius 2 is 1.41 bits per heavy atom. The van der Waals surface area contributed by atoms with Crippen LogP contribution in [-0.4, -0.2) is 58.0 Å². The molecule has 0 aliphatic carbocycles. The normalized spacial score (nSPS) is 13.2. The van der Waals surface area contributed by atoms with Crippen LogP contribution in [0, 0.1) is 0 Å². The molecule has 1 heterocycles. The van der Waals surface area contributed by atoms with Gasteiger partial charge < -0.3 is 20.4 Å². The van der Waals surface area contributed by atoms with Crippen LogP contribution in [0.2, 0.25) is 0 Å². The molecule has 1 aliphatic heterocycles. The Labute approximate surface area is 173 Å². The number of nitrogens with two attached hydrogens (primary N) is 1. The Morgan fingerprint density at radius 3 is 1.90 bits per heavy atom. The lowest BCUT2D eigenvalue weighted by Crippen LogP contribution is -2.35. The topological polar surface area (TPSA) is 69.9 Å².